The maximum Gasteiger partial charge on any atom is 0.323 e. The summed E-state index contributed by atoms with van der Waals surface area (Å²) < 4.78 is 10.5. The van der Waals surface area contributed by atoms with E-state index in [4.69, 9.17) is 9.47 Å². The van der Waals surface area contributed by atoms with E-state index < -0.39 is 0 Å². The van der Waals surface area contributed by atoms with Crippen LogP contribution in [-0.4, -0.2) is 32.3 Å². The summed E-state index contributed by atoms with van der Waals surface area (Å²) in [5.74, 6) is -0.253. The second-order valence-corrected chi connectivity index (χ2v) is 6.34. The highest BCUT2D eigenvalue weighted by Gasteiger charge is 2.34. The third kappa shape index (κ3) is 4.83. The molecule has 0 saturated carbocycles. The molecule has 1 rings (SSSR count). The van der Waals surface area contributed by atoms with Gasteiger partial charge >= 0.3 is 5.97 Å². The number of hydrogen-bond acceptors (Lipinski definition) is 4. The topological polar surface area (TPSA) is 47.6 Å². The second-order valence-electron chi connectivity index (χ2n) is 6.34. The summed E-state index contributed by atoms with van der Waals surface area (Å²) in [6, 6.07) is 9.57. The molecule has 0 aliphatic rings. The first kappa shape index (κ1) is 17.7. The highest BCUT2D eigenvalue weighted by atomic mass is 16.5. The first-order chi connectivity index (χ1) is 9.81. The van der Waals surface area contributed by atoms with Crippen LogP contribution in [0.2, 0.25) is 0 Å². The summed E-state index contributed by atoms with van der Waals surface area (Å²) in [6.45, 7) is 8.05. The number of methoxy groups -OCH3 is 2. The molecule has 118 valence electrons. The molecule has 4 heteroatoms. The summed E-state index contributed by atoms with van der Waals surface area (Å²) in [5.41, 5.74) is 0.841. The SMILES string of the molecule is COC(=O)C(N[C@H](C)[C@@H](OC)c1ccccc1)C(C)(C)C. The van der Waals surface area contributed by atoms with Crippen molar-refractivity contribution in [3.05, 3.63) is 35.9 Å². The van der Waals surface area contributed by atoms with Crippen LogP contribution in [0.25, 0.3) is 0 Å². The van der Waals surface area contributed by atoms with Gasteiger partial charge in [0.25, 0.3) is 0 Å². The lowest BCUT2D eigenvalue weighted by Gasteiger charge is -2.34. The largest absolute Gasteiger partial charge is 0.468 e. The number of rotatable bonds is 6. The second kappa shape index (κ2) is 7.57. The third-order valence-electron chi connectivity index (χ3n) is 3.57. The van der Waals surface area contributed by atoms with E-state index >= 15 is 0 Å². The van der Waals surface area contributed by atoms with Crippen molar-refractivity contribution in [1.82, 2.24) is 5.32 Å². The summed E-state index contributed by atoms with van der Waals surface area (Å²) >= 11 is 0. The number of nitrogens with one attached hydrogen (secondary N) is 1. The minimum Gasteiger partial charge on any atom is -0.468 e. The van der Waals surface area contributed by atoms with Crippen LogP contribution in [0.3, 0.4) is 0 Å². The number of carbonyl (C=O) groups excluding carboxylic acids is 1. The Labute approximate surface area is 127 Å². The van der Waals surface area contributed by atoms with Gasteiger partial charge in [0, 0.05) is 13.2 Å². The zero-order chi connectivity index (χ0) is 16.0. The Balaban J connectivity index is 2.90. The van der Waals surface area contributed by atoms with E-state index in [2.05, 4.69) is 5.32 Å². The van der Waals surface area contributed by atoms with Crippen LogP contribution in [0.1, 0.15) is 39.4 Å². The summed E-state index contributed by atoms with van der Waals surface area (Å²) in [4.78, 5) is 12.0. The van der Waals surface area contributed by atoms with E-state index in [0.717, 1.165) is 5.56 Å². The van der Waals surface area contributed by atoms with Gasteiger partial charge in [0.2, 0.25) is 0 Å². The van der Waals surface area contributed by atoms with E-state index in [9.17, 15) is 4.79 Å². The van der Waals surface area contributed by atoms with Crippen molar-refractivity contribution < 1.29 is 14.3 Å². The zero-order valence-corrected chi connectivity index (χ0v) is 13.8. The molecule has 1 aromatic carbocycles. The highest BCUT2D eigenvalue weighted by molar-refractivity contribution is 5.76. The molecule has 4 nitrogen and oxygen atoms in total. The van der Waals surface area contributed by atoms with Gasteiger partial charge in [-0.05, 0) is 17.9 Å². The lowest BCUT2D eigenvalue weighted by atomic mass is 9.85. The van der Waals surface area contributed by atoms with Gasteiger partial charge in [-0.3, -0.25) is 10.1 Å². The van der Waals surface area contributed by atoms with Crippen LogP contribution in [0.5, 0.6) is 0 Å². The lowest BCUT2D eigenvalue weighted by molar-refractivity contribution is -0.146. The summed E-state index contributed by atoms with van der Waals surface area (Å²) in [6.07, 6.45) is -0.124. The molecule has 3 atom stereocenters. The summed E-state index contributed by atoms with van der Waals surface area (Å²) in [5, 5.41) is 3.36. The van der Waals surface area contributed by atoms with Crippen molar-refractivity contribution in [3.63, 3.8) is 0 Å². The molecule has 1 aromatic rings. The minimum absolute atomic E-state index is 0.0271. The Morgan fingerprint density at radius 2 is 1.71 bits per heavy atom. The lowest BCUT2D eigenvalue weighted by Crippen LogP contribution is -2.52. The smallest absolute Gasteiger partial charge is 0.323 e. The van der Waals surface area contributed by atoms with Crippen molar-refractivity contribution in [2.24, 2.45) is 5.41 Å². The quantitative estimate of drug-likeness (QED) is 0.819. The Bertz CT molecular complexity index is 439. The van der Waals surface area contributed by atoms with Crippen molar-refractivity contribution in [1.29, 1.82) is 0 Å². The van der Waals surface area contributed by atoms with E-state index in [1.165, 1.54) is 7.11 Å². The molecule has 1 N–H and O–H groups in total. The number of benzene rings is 1. The van der Waals surface area contributed by atoms with Gasteiger partial charge in [-0.15, -0.1) is 0 Å². The molecule has 0 spiro atoms. The standard InChI is InChI=1S/C17H27NO3/c1-12(14(20-5)13-10-8-7-9-11-13)18-15(16(19)21-6)17(2,3)4/h7-12,14-15,18H,1-6H3/t12-,14-,15?/m1/s1. The van der Waals surface area contributed by atoms with Gasteiger partial charge in [0.05, 0.1) is 13.2 Å². The van der Waals surface area contributed by atoms with Crippen molar-refractivity contribution in [3.8, 4) is 0 Å². The highest BCUT2D eigenvalue weighted by Crippen LogP contribution is 2.25. The van der Waals surface area contributed by atoms with Crippen LogP contribution in [0.4, 0.5) is 0 Å². The first-order valence-corrected chi connectivity index (χ1v) is 7.23. The van der Waals surface area contributed by atoms with Crippen molar-refractivity contribution in [2.45, 2.75) is 45.9 Å². The third-order valence-corrected chi connectivity index (χ3v) is 3.57. The minimum atomic E-state index is -0.390. The fourth-order valence-corrected chi connectivity index (χ4v) is 2.41. The molecule has 0 aliphatic carbocycles. The van der Waals surface area contributed by atoms with Gasteiger partial charge < -0.3 is 9.47 Å². The molecule has 0 amide bonds. The zero-order valence-electron chi connectivity index (χ0n) is 13.8. The molecular weight excluding hydrogens is 266 g/mol. The molecule has 0 saturated heterocycles. The van der Waals surface area contributed by atoms with Gasteiger partial charge in [0.1, 0.15) is 6.04 Å². The number of ether oxygens (including phenoxy) is 2. The molecule has 0 aliphatic heterocycles. The molecule has 21 heavy (non-hydrogen) atoms. The Kier molecular flexibility index (Phi) is 6.37. The Hall–Kier alpha value is -1.39. The Morgan fingerprint density at radius 3 is 2.14 bits per heavy atom. The molecule has 0 fully saturated rings. The van der Waals surface area contributed by atoms with E-state index in [-0.39, 0.29) is 29.6 Å². The maximum atomic E-state index is 12.0. The van der Waals surface area contributed by atoms with Gasteiger partial charge in [0.15, 0.2) is 0 Å². The molecule has 1 unspecified atom stereocenters. The Morgan fingerprint density at radius 1 is 1.14 bits per heavy atom. The predicted octanol–water partition coefficient (Wildman–Crippen LogP) is 2.94. The summed E-state index contributed by atoms with van der Waals surface area (Å²) in [7, 11) is 3.10. The van der Waals surface area contributed by atoms with Crippen LogP contribution in [0.15, 0.2) is 30.3 Å². The van der Waals surface area contributed by atoms with Gasteiger partial charge in [-0.2, -0.15) is 0 Å². The van der Waals surface area contributed by atoms with Gasteiger partial charge in [-0.25, -0.2) is 0 Å². The molecule has 0 aromatic heterocycles. The normalized spacial score (nSPS) is 16.1. The molecule has 0 heterocycles. The van der Waals surface area contributed by atoms with Gasteiger partial charge in [-0.1, -0.05) is 51.1 Å². The number of hydrogen-bond donors (Lipinski definition) is 1. The number of carbonyl (C=O) groups is 1. The maximum absolute atomic E-state index is 12.0. The monoisotopic (exact) mass is 293 g/mol. The van der Waals surface area contributed by atoms with Crippen LogP contribution < -0.4 is 5.32 Å². The molecule has 0 radical (unpaired) electrons. The predicted molar refractivity (Wildman–Crippen MR) is 84.0 cm³/mol. The van der Waals surface area contributed by atoms with E-state index in [0.29, 0.717) is 0 Å². The van der Waals surface area contributed by atoms with Crippen molar-refractivity contribution in [2.75, 3.05) is 14.2 Å². The average molecular weight is 293 g/mol. The van der Waals surface area contributed by atoms with Crippen LogP contribution >= 0.6 is 0 Å². The first-order valence-electron chi connectivity index (χ1n) is 7.23. The fourth-order valence-electron chi connectivity index (χ4n) is 2.41. The van der Waals surface area contributed by atoms with Crippen LogP contribution in [0, 0.1) is 5.41 Å². The number of esters is 1. The molecule has 0 bridgehead atoms. The van der Waals surface area contributed by atoms with Crippen LogP contribution in [-0.2, 0) is 14.3 Å². The van der Waals surface area contributed by atoms with E-state index in [1.807, 2.05) is 58.0 Å². The van der Waals surface area contributed by atoms with Crippen molar-refractivity contribution >= 4 is 5.97 Å². The average Bonchev–Trinajstić information content (AvgIpc) is 2.44. The fraction of sp³-hybridized carbons (Fsp3) is 0.588. The van der Waals surface area contributed by atoms with E-state index in [1.54, 1.807) is 7.11 Å². The molecular formula is C17H27NO3.